The Morgan fingerprint density at radius 1 is 1.47 bits per heavy atom. The van der Waals surface area contributed by atoms with Gasteiger partial charge < -0.3 is 19.7 Å². The molecule has 0 aliphatic carbocycles. The van der Waals surface area contributed by atoms with Crippen molar-refractivity contribution < 1.29 is 24.0 Å². The van der Waals surface area contributed by atoms with E-state index in [0.717, 1.165) is 0 Å². The molecule has 1 amide bonds. The molecule has 7 nitrogen and oxygen atoms in total. The second-order valence-corrected chi connectivity index (χ2v) is 5.03. The number of aromatic nitrogens is 1. The molecule has 0 radical (unpaired) electrons. The Labute approximate surface area is 110 Å². The summed E-state index contributed by atoms with van der Waals surface area (Å²) in [5.41, 5.74) is -0.0148. The summed E-state index contributed by atoms with van der Waals surface area (Å²) >= 11 is 0. The Morgan fingerprint density at radius 3 is 2.68 bits per heavy atom. The fraction of sp³-hybridized carbons (Fsp3) is 0.583. The van der Waals surface area contributed by atoms with Crippen LogP contribution in [0.2, 0.25) is 0 Å². The average Bonchev–Trinajstić information content (AvgIpc) is 2.76. The summed E-state index contributed by atoms with van der Waals surface area (Å²) in [5.74, 6) is -0.796. The van der Waals surface area contributed by atoms with Gasteiger partial charge in [0.25, 0.3) is 5.91 Å². The quantitative estimate of drug-likeness (QED) is 0.741. The van der Waals surface area contributed by atoms with Crippen molar-refractivity contribution in [3.63, 3.8) is 0 Å². The monoisotopic (exact) mass is 270 g/mol. The van der Waals surface area contributed by atoms with Crippen LogP contribution in [0.5, 0.6) is 0 Å². The summed E-state index contributed by atoms with van der Waals surface area (Å²) in [4.78, 5) is 21.9. The van der Waals surface area contributed by atoms with E-state index in [1.807, 2.05) is 20.8 Å². The maximum Gasteiger partial charge on any atom is 0.329 e. The van der Waals surface area contributed by atoms with E-state index in [2.05, 4.69) is 10.5 Å². The number of carboxylic acids is 1. The van der Waals surface area contributed by atoms with E-state index in [1.54, 1.807) is 6.07 Å². The van der Waals surface area contributed by atoms with Gasteiger partial charge in [0.05, 0.1) is 6.61 Å². The van der Waals surface area contributed by atoms with Gasteiger partial charge in [-0.15, -0.1) is 0 Å². The number of hydrogen-bond donors (Lipinski definition) is 2. The van der Waals surface area contributed by atoms with Crippen LogP contribution in [0.25, 0.3) is 0 Å². The topological polar surface area (TPSA) is 102 Å². The van der Waals surface area contributed by atoms with Gasteiger partial charge in [-0.2, -0.15) is 0 Å². The van der Waals surface area contributed by atoms with Gasteiger partial charge in [0.15, 0.2) is 5.69 Å². The molecule has 1 heterocycles. The van der Waals surface area contributed by atoms with Gasteiger partial charge in [0.2, 0.25) is 0 Å². The minimum atomic E-state index is -1.04. The Bertz CT molecular complexity index is 447. The van der Waals surface area contributed by atoms with Gasteiger partial charge in [-0.3, -0.25) is 4.79 Å². The molecule has 0 atom stereocenters. The Morgan fingerprint density at radius 2 is 2.16 bits per heavy atom. The van der Waals surface area contributed by atoms with Gasteiger partial charge in [0, 0.05) is 18.0 Å². The van der Waals surface area contributed by atoms with Crippen LogP contribution in [0.15, 0.2) is 10.6 Å². The fourth-order valence-electron chi connectivity index (χ4n) is 1.22. The summed E-state index contributed by atoms with van der Waals surface area (Å²) in [6.45, 7) is 5.82. The van der Waals surface area contributed by atoms with E-state index in [-0.39, 0.29) is 36.8 Å². The highest BCUT2D eigenvalue weighted by atomic mass is 16.5. The Balaban J connectivity index is 2.38. The van der Waals surface area contributed by atoms with Gasteiger partial charge in [-0.25, -0.2) is 4.79 Å². The second-order valence-electron chi connectivity index (χ2n) is 5.03. The molecule has 1 aromatic rings. The molecule has 2 N–H and O–H groups in total. The summed E-state index contributed by atoms with van der Waals surface area (Å²) in [6, 6.07) is 1.59. The third kappa shape index (κ3) is 5.09. The molecular formula is C12H18N2O5. The molecule has 7 heteroatoms. The van der Waals surface area contributed by atoms with Crippen LogP contribution in [0.1, 0.15) is 37.0 Å². The maximum atomic E-state index is 11.7. The molecule has 0 aliphatic rings. The second kappa shape index (κ2) is 6.33. The smallest absolute Gasteiger partial charge is 0.329 e. The molecule has 0 spiro atoms. The van der Waals surface area contributed by atoms with Crippen molar-refractivity contribution in [2.75, 3.05) is 19.8 Å². The third-order valence-electron chi connectivity index (χ3n) is 2.24. The van der Waals surface area contributed by atoms with Gasteiger partial charge in [-0.05, 0) is 0 Å². The van der Waals surface area contributed by atoms with Crippen LogP contribution in [0, 0.1) is 0 Å². The first-order chi connectivity index (χ1) is 8.80. The summed E-state index contributed by atoms with van der Waals surface area (Å²) in [5, 5.41) is 14.6. The minimum absolute atomic E-state index is 0.127. The van der Waals surface area contributed by atoms with Crippen LogP contribution < -0.4 is 5.32 Å². The Hall–Kier alpha value is -1.89. The lowest BCUT2D eigenvalue weighted by atomic mass is 9.93. The highest BCUT2D eigenvalue weighted by Crippen LogP contribution is 2.22. The van der Waals surface area contributed by atoms with Crippen LogP contribution in [-0.4, -0.2) is 41.9 Å². The fourth-order valence-corrected chi connectivity index (χ4v) is 1.22. The Kier molecular flexibility index (Phi) is 5.05. The molecule has 19 heavy (non-hydrogen) atoms. The molecule has 0 fully saturated rings. The van der Waals surface area contributed by atoms with E-state index in [9.17, 15) is 9.59 Å². The third-order valence-corrected chi connectivity index (χ3v) is 2.24. The number of rotatable bonds is 6. The highest BCUT2D eigenvalue weighted by molar-refractivity contribution is 5.92. The molecule has 106 valence electrons. The predicted molar refractivity (Wildman–Crippen MR) is 66.0 cm³/mol. The van der Waals surface area contributed by atoms with Crippen molar-refractivity contribution in [2.24, 2.45) is 0 Å². The van der Waals surface area contributed by atoms with Crippen LogP contribution in [0.4, 0.5) is 0 Å². The highest BCUT2D eigenvalue weighted by Gasteiger charge is 2.21. The molecule has 1 aromatic heterocycles. The number of amides is 1. The van der Waals surface area contributed by atoms with E-state index in [0.29, 0.717) is 5.76 Å². The number of aliphatic carboxylic acids is 1. The number of nitrogens with one attached hydrogen (secondary N) is 1. The summed E-state index contributed by atoms with van der Waals surface area (Å²) < 4.78 is 9.87. The van der Waals surface area contributed by atoms with Crippen molar-refractivity contribution in [3.05, 3.63) is 17.5 Å². The molecule has 0 aromatic carbocycles. The molecule has 0 saturated heterocycles. The van der Waals surface area contributed by atoms with Crippen molar-refractivity contribution in [1.82, 2.24) is 10.5 Å². The average molecular weight is 270 g/mol. The molecule has 0 aliphatic heterocycles. The van der Waals surface area contributed by atoms with Crippen molar-refractivity contribution in [3.8, 4) is 0 Å². The first-order valence-corrected chi connectivity index (χ1v) is 5.85. The van der Waals surface area contributed by atoms with Gasteiger partial charge in [-0.1, -0.05) is 25.9 Å². The number of nitrogens with zero attached hydrogens (tertiary/aromatic N) is 1. The first kappa shape index (κ1) is 15.2. The standard InChI is InChI=1S/C12H18N2O5/c1-12(2,3)9-6-8(14-19-9)11(17)13-4-5-18-7-10(15)16/h6H,4-5,7H2,1-3H3,(H,13,17)(H,15,16). The van der Waals surface area contributed by atoms with E-state index >= 15 is 0 Å². The number of ether oxygens (including phenoxy) is 1. The molecular weight excluding hydrogens is 252 g/mol. The van der Waals surface area contributed by atoms with Crippen LogP contribution >= 0.6 is 0 Å². The van der Waals surface area contributed by atoms with E-state index < -0.39 is 5.97 Å². The zero-order valence-corrected chi connectivity index (χ0v) is 11.2. The summed E-state index contributed by atoms with van der Waals surface area (Å²) in [7, 11) is 0. The first-order valence-electron chi connectivity index (χ1n) is 5.85. The lowest BCUT2D eigenvalue weighted by Gasteiger charge is -2.12. The number of hydrogen-bond acceptors (Lipinski definition) is 5. The van der Waals surface area contributed by atoms with Crippen molar-refractivity contribution >= 4 is 11.9 Å². The number of carboxylic acid groups (broad SMARTS) is 1. The maximum absolute atomic E-state index is 11.7. The zero-order chi connectivity index (χ0) is 14.5. The summed E-state index contributed by atoms with van der Waals surface area (Å²) in [6.07, 6.45) is 0. The van der Waals surface area contributed by atoms with Crippen molar-refractivity contribution in [1.29, 1.82) is 0 Å². The number of carbonyl (C=O) groups is 2. The largest absolute Gasteiger partial charge is 0.480 e. The van der Waals surface area contributed by atoms with Crippen LogP contribution in [-0.2, 0) is 14.9 Å². The van der Waals surface area contributed by atoms with E-state index in [1.165, 1.54) is 0 Å². The number of carbonyl (C=O) groups excluding carboxylic acids is 1. The SMILES string of the molecule is CC(C)(C)c1cc(C(=O)NCCOCC(=O)O)no1. The molecule has 0 saturated carbocycles. The van der Waals surface area contributed by atoms with Crippen LogP contribution in [0.3, 0.4) is 0 Å². The lowest BCUT2D eigenvalue weighted by Crippen LogP contribution is -2.28. The van der Waals surface area contributed by atoms with Gasteiger partial charge in [0.1, 0.15) is 12.4 Å². The lowest BCUT2D eigenvalue weighted by molar-refractivity contribution is -0.142. The van der Waals surface area contributed by atoms with Crippen molar-refractivity contribution in [2.45, 2.75) is 26.2 Å². The van der Waals surface area contributed by atoms with E-state index in [4.69, 9.17) is 14.4 Å². The van der Waals surface area contributed by atoms with Gasteiger partial charge >= 0.3 is 5.97 Å². The molecule has 0 bridgehead atoms. The normalized spacial score (nSPS) is 11.3. The predicted octanol–water partition coefficient (Wildman–Crippen LogP) is 0.803. The molecule has 0 unspecified atom stereocenters. The molecule has 1 rings (SSSR count). The zero-order valence-electron chi connectivity index (χ0n) is 11.2. The minimum Gasteiger partial charge on any atom is -0.480 e.